The fraction of sp³-hybridized carbons (Fsp3) is 0.611. The normalized spacial score (nSPS) is 15.7. The van der Waals surface area contributed by atoms with Gasteiger partial charge in [-0.2, -0.15) is 0 Å². The fourth-order valence-electron chi connectivity index (χ4n) is 2.74. The van der Waals surface area contributed by atoms with Crippen LogP contribution in [0.1, 0.15) is 30.4 Å². The van der Waals surface area contributed by atoms with Gasteiger partial charge in [0.15, 0.2) is 5.96 Å². The van der Waals surface area contributed by atoms with Crippen LogP contribution in [0.4, 0.5) is 0 Å². The van der Waals surface area contributed by atoms with Gasteiger partial charge in [-0.15, -0.1) is 0 Å². The third-order valence-corrected chi connectivity index (χ3v) is 5.93. The van der Waals surface area contributed by atoms with Crippen molar-refractivity contribution in [2.45, 2.75) is 32.7 Å². The largest absolute Gasteiger partial charge is 0.355 e. The number of nitrogens with one attached hydrogen (secondary N) is 2. The van der Waals surface area contributed by atoms with Gasteiger partial charge in [0.1, 0.15) is 0 Å². The average Bonchev–Trinajstić information content (AvgIpc) is 2.52. The topological polar surface area (TPSA) is 73.8 Å². The van der Waals surface area contributed by atoms with Gasteiger partial charge in [0, 0.05) is 33.7 Å². The maximum absolute atomic E-state index is 12.0. The van der Waals surface area contributed by atoms with Crippen molar-refractivity contribution < 1.29 is 8.42 Å². The second-order valence-electron chi connectivity index (χ2n) is 6.78. The van der Waals surface area contributed by atoms with Gasteiger partial charge >= 0.3 is 0 Å². The lowest BCUT2D eigenvalue weighted by molar-refractivity contribution is 0.316. The van der Waals surface area contributed by atoms with Gasteiger partial charge in [-0.3, -0.25) is 4.99 Å². The predicted molar refractivity (Wildman–Crippen MR) is 103 cm³/mol. The summed E-state index contributed by atoms with van der Waals surface area (Å²) in [4.78, 5) is 6.22. The minimum atomic E-state index is -3.23. The van der Waals surface area contributed by atoms with Crippen LogP contribution in [0.3, 0.4) is 0 Å². The summed E-state index contributed by atoms with van der Waals surface area (Å²) in [5.74, 6) is 1.27. The average molecular weight is 367 g/mol. The van der Waals surface area contributed by atoms with Crippen LogP contribution >= 0.6 is 0 Å². The molecule has 0 radical (unpaired) electrons. The van der Waals surface area contributed by atoms with Crippen LogP contribution in [-0.2, 0) is 16.6 Å². The highest BCUT2D eigenvalue weighted by Crippen LogP contribution is 2.25. The lowest BCUT2D eigenvalue weighted by Crippen LogP contribution is -2.42. The third kappa shape index (κ3) is 6.66. The van der Waals surface area contributed by atoms with E-state index in [-0.39, 0.29) is 5.75 Å². The highest BCUT2D eigenvalue weighted by Gasteiger charge is 2.20. The molecule has 7 heteroatoms. The van der Waals surface area contributed by atoms with Gasteiger partial charge in [0.05, 0.1) is 5.75 Å². The number of hydrogen-bond donors (Lipinski definition) is 2. The third-order valence-electron chi connectivity index (χ3n) is 4.58. The number of guanidine groups is 1. The van der Waals surface area contributed by atoms with Gasteiger partial charge in [-0.05, 0) is 31.2 Å². The van der Waals surface area contributed by atoms with Gasteiger partial charge in [-0.25, -0.2) is 13.1 Å². The Morgan fingerprint density at radius 2 is 1.96 bits per heavy atom. The molecule has 1 aliphatic carbocycles. The summed E-state index contributed by atoms with van der Waals surface area (Å²) in [6.45, 7) is 3.69. The fourth-order valence-corrected chi connectivity index (χ4v) is 3.74. The van der Waals surface area contributed by atoms with Crippen LogP contribution in [0.2, 0.25) is 0 Å². The molecule has 0 aromatic heterocycles. The Labute approximate surface area is 151 Å². The maximum Gasteiger partial charge on any atom is 0.213 e. The minimum absolute atomic E-state index is 0.0527. The number of sulfonamides is 1. The van der Waals surface area contributed by atoms with E-state index >= 15 is 0 Å². The monoisotopic (exact) mass is 366 g/mol. The molecule has 0 spiro atoms. The van der Waals surface area contributed by atoms with Crippen molar-refractivity contribution in [2.75, 3.05) is 32.9 Å². The number of aryl methyl sites for hydroxylation is 1. The van der Waals surface area contributed by atoms with Gasteiger partial charge in [-0.1, -0.05) is 36.2 Å². The van der Waals surface area contributed by atoms with E-state index < -0.39 is 10.0 Å². The molecule has 25 heavy (non-hydrogen) atoms. The molecule has 0 aliphatic heterocycles. The number of rotatable bonds is 8. The summed E-state index contributed by atoms with van der Waals surface area (Å²) >= 11 is 0. The predicted octanol–water partition coefficient (Wildman–Crippen LogP) is 1.72. The molecule has 1 aliphatic rings. The Balaban J connectivity index is 1.75. The van der Waals surface area contributed by atoms with E-state index in [9.17, 15) is 8.42 Å². The first-order chi connectivity index (χ1) is 11.9. The SMILES string of the molecule is CN=C(NCCS(=O)(=O)NCC1CCC1)N(C)Cc1ccc(C)cc1. The standard InChI is InChI=1S/C18H30N4O2S/c1-15-7-9-17(10-8-15)14-22(3)18(19-2)20-11-12-25(23,24)21-13-16-5-4-6-16/h7-10,16,21H,4-6,11-14H2,1-3H3,(H,19,20). The zero-order chi connectivity index (χ0) is 18.3. The zero-order valence-electron chi connectivity index (χ0n) is 15.5. The first-order valence-electron chi connectivity index (χ1n) is 8.84. The highest BCUT2D eigenvalue weighted by molar-refractivity contribution is 7.89. The lowest BCUT2D eigenvalue weighted by atomic mass is 9.86. The molecule has 2 N–H and O–H groups in total. The Morgan fingerprint density at radius 1 is 1.28 bits per heavy atom. The van der Waals surface area contributed by atoms with E-state index in [1.54, 1.807) is 7.05 Å². The molecule has 0 atom stereocenters. The molecule has 2 rings (SSSR count). The summed E-state index contributed by atoms with van der Waals surface area (Å²) in [5.41, 5.74) is 2.42. The van der Waals surface area contributed by atoms with E-state index in [1.165, 1.54) is 17.5 Å². The molecule has 0 saturated heterocycles. The van der Waals surface area contributed by atoms with Gasteiger partial charge < -0.3 is 10.2 Å². The lowest BCUT2D eigenvalue weighted by Gasteiger charge is -2.25. The molecule has 0 unspecified atom stereocenters. The Bertz CT molecular complexity index is 667. The quantitative estimate of drug-likeness (QED) is 0.543. The summed E-state index contributed by atoms with van der Waals surface area (Å²) in [6, 6.07) is 8.35. The first-order valence-corrected chi connectivity index (χ1v) is 10.5. The van der Waals surface area contributed by atoms with Crippen LogP contribution in [-0.4, -0.2) is 52.2 Å². The van der Waals surface area contributed by atoms with Crippen molar-refractivity contribution in [1.82, 2.24) is 14.9 Å². The smallest absolute Gasteiger partial charge is 0.213 e. The second-order valence-corrected chi connectivity index (χ2v) is 8.71. The van der Waals surface area contributed by atoms with E-state index in [0.717, 1.165) is 12.8 Å². The van der Waals surface area contributed by atoms with Crippen molar-refractivity contribution in [3.63, 3.8) is 0 Å². The van der Waals surface area contributed by atoms with E-state index in [2.05, 4.69) is 46.2 Å². The van der Waals surface area contributed by atoms with Crippen LogP contribution in [0.25, 0.3) is 0 Å². The molecule has 1 saturated carbocycles. The second kappa shape index (κ2) is 9.20. The first kappa shape index (κ1) is 19.7. The summed E-state index contributed by atoms with van der Waals surface area (Å²) in [7, 11) is 0.417. The molecule has 0 heterocycles. The molecule has 0 amide bonds. The van der Waals surface area contributed by atoms with Crippen LogP contribution in [0.15, 0.2) is 29.3 Å². The van der Waals surface area contributed by atoms with Crippen molar-refractivity contribution in [2.24, 2.45) is 10.9 Å². The number of benzene rings is 1. The summed E-state index contributed by atoms with van der Waals surface area (Å²) < 4.78 is 26.8. The summed E-state index contributed by atoms with van der Waals surface area (Å²) in [6.07, 6.45) is 3.49. The van der Waals surface area contributed by atoms with Crippen molar-refractivity contribution >= 4 is 16.0 Å². The number of hydrogen-bond acceptors (Lipinski definition) is 3. The van der Waals surface area contributed by atoms with Crippen LogP contribution < -0.4 is 10.0 Å². The van der Waals surface area contributed by atoms with E-state index in [0.29, 0.717) is 31.5 Å². The van der Waals surface area contributed by atoms with E-state index in [1.807, 2.05) is 11.9 Å². The Kier molecular flexibility index (Phi) is 7.25. The van der Waals surface area contributed by atoms with Crippen molar-refractivity contribution in [3.8, 4) is 0 Å². The molecule has 6 nitrogen and oxygen atoms in total. The van der Waals surface area contributed by atoms with Crippen LogP contribution in [0, 0.1) is 12.8 Å². The number of aliphatic imine (C=N–C) groups is 1. The minimum Gasteiger partial charge on any atom is -0.355 e. The van der Waals surface area contributed by atoms with Crippen molar-refractivity contribution in [3.05, 3.63) is 35.4 Å². The highest BCUT2D eigenvalue weighted by atomic mass is 32.2. The molecule has 140 valence electrons. The number of nitrogens with zero attached hydrogens (tertiary/aromatic N) is 2. The summed E-state index contributed by atoms with van der Waals surface area (Å²) in [5, 5.41) is 3.13. The maximum atomic E-state index is 12.0. The van der Waals surface area contributed by atoms with Crippen LogP contribution in [0.5, 0.6) is 0 Å². The van der Waals surface area contributed by atoms with Gasteiger partial charge in [0.2, 0.25) is 10.0 Å². The molecule has 0 bridgehead atoms. The molecule has 1 aromatic carbocycles. The van der Waals surface area contributed by atoms with Gasteiger partial charge in [0.25, 0.3) is 0 Å². The van der Waals surface area contributed by atoms with Crippen molar-refractivity contribution in [1.29, 1.82) is 0 Å². The Hall–Kier alpha value is -1.60. The molecular weight excluding hydrogens is 336 g/mol. The Morgan fingerprint density at radius 3 is 2.52 bits per heavy atom. The van der Waals surface area contributed by atoms with E-state index in [4.69, 9.17) is 0 Å². The molecule has 1 fully saturated rings. The zero-order valence-corrected chi connectivity index (χ0v) is 16.3. The molecule has 1 aromatic rings. The molecular formula is C18H30N4O2S.